The third-order valence-corrected chi connectivity index (χ3v) is 5.12. The number of aryl methyl sites for hydroxylation is 1. The maximum absolute atomic E-state index is 13.2. The van der Waals surface area contributed by atoms with Gasteiger partial charge in [-0.25, -0.2) is 4.39 Å². The summed E-state index contributed by atoms with van der Waals surface area (Å²) in [5, 5.41) is 14.7. The van der Waals surface area contributed by atoms with Crippen LogP contribution in [0, 0.1) is 12.7 Å². The van der Waals surface area contributed by atoms with Crippen LogP contribution in [0.5, 0.6) is 11.5 Å². The average Bonchev–Trinajstić information content (AvgIpc) is 3.21. The molecule has 168 valence electrons. The normalized spacial score (nSPS) is 10.7. The summed E-state index contributed by atoms with van der Waals surface area (Å²) >= 11 is 5.35. The highest BCUT2D eigenvalue weighted by Gasteiger charge is 2.19. The van der Waals surface area contributed by atoms with Crippen molar-refractivity contribution in [3.63, 3.8) is 0 Å². The fourth-order valence-electron chi connectivity index (χ4n) is 3.29. The molecule has 0 unspecified atom stereocenters. The molecule has 1 amide bonds. The summed E-state index contributed by atoms with van der Waals surface area (Å²) < 4.78 is 23.8. The molecule has 0 saturated carbocycles. The van der Waals surface area contributed by atoms with Crippen molar-refractivity contribution in [2.24, 2.45) is 0 Å². The van der Waals surface area contributed by atoms with Crippen molar-refractivity contribution in [3.8, 4) is 17.2 Å². The van der Waals surface area contributed by atoms with Crippen LogP contribution in [0.3, 0.4) is 0 Å². The number of amides is 1. The number of fused-ring (bicyclic) bond motifs is 1. The highest BCUT2D eigenvalue weighted by molar-refractivity contribution is 7.80. The van der Waals surface area contributed by atoms with Gasteiger partial charge in [-0.3, -0.25) is 10.1 Å². The van der Waals surface area contributed by atoms with Crippen molar-refractivity contribution in [2.75, 3.05) is 19.5 Å². The number of halogens is 1. The molecule has 4 rings (SSSR count). The lowest BCUT2D eigenvalue weighted by Crippen LogP contribution is -2.34. The molecule has 0 spiro atoms. The summed E-state index contributed by atoms with van der Waals surface area (Å²) in [6, 6.07) is 14.6. The van der Waals surface area contributed by atoms with E-state index < -0.39 is 5.91 Å². The standard InChI is InChI=1S/C23H20FN5O3S/c1-13-11-17-18(28-29(27-17)15-9-7-14(24)8-10-15)12-16(13)25-23(33)26-22(30)21-19(31-2)5-4-6-20(21)32-3/h4-12H,1-3H3,(H2,25,26,30,33). The third kappa shape index (κ3) is 4.60. The van der Waals surface area contributed by atoms with E-state index in [1.165, 1.54) is 31.1 Å². The summed E-state index contributed by atoms with van der Waals surface area (Å²) in [5.74, 6) is -0.0730. The van der Waals surface area contributed by atoms with Gasteiger partial charge >= 0.3 is 0 Å². The van der Waals surface area contributed by atoms with E-state index in [0.29, 0.717) is 33.9 Å². The van der Waals surface area contributed by atoms with Gasteiger partial charge in [0.05, 0.1) is 19.9 Å². The second-order valence-electron chi connectivity index (χ2n) is 7.07. The first-order valence-electron chi connectivity index (χ1n) is 9.86. The fraction of sp³-hybridized carbons (Fsp3) is 0.130. The van der Waals surface area contributed by atoms with Gasteiger partial charge in [-0.2, -0.15) is 4.80 Å². The molecule has 33 heavy (non-hydrogen) atoms. The first kappa shape index (κ1) is 22.2. The minimum absolute atomic E-state index is 0.0985. The molecule has 0 saturated heterocycles. The first-order chi connectivity index (χ1) is 15.9. The van der Waals surface area contributed by atoms with E-state index in [4.69, 9.17) is 21.7 Å². The molecule has 0 aliphatic carbocycles. The highest BCUT2D eigenvalue weighted by Crippen LogP contribution is 2.28. The molecule has 0 radical (unpaired) electrons. The van der Waals surface area contributed by atoms with Gasteiger partial charge in [0, 0.05) is 5.69 Å². The number of nitrogens with zero attached hydrogens (tertiary/aromatic N) is 3. The fourth-order valence-corrected chi connectivity index (χ4v) is 3.49. The molecule has 1 heterocycles. The van der Waals surface area contributed by atoms with Crippen LogP contribution in [0.15, 0.2) is 54.6 Å². The SMILES string of the molecule is COc1cccc(OC)c1C(=O)NC(=S)Nc1cc2nn(-c3ccc(F)cc3)nc2cc1C. The molecule has 2 N–H and O–H groups in total. The third-order valence-electron chi connectivity index (χ3n) is 4.91. The number of rotatable bonds is 5. The lowest BCUT2D eigenvalue weighted by Gasteiger charge is -2.15. The Labute approximate surface area is 194 Å². The van der Waals surface area contributed by atoms with Gasteiger partial charge < -0.3 is 14.8 Å². The molecule has 4 aromatic rings. The molecular formula is C23H20FN5O3S. The number of carbonyl (C=O) groups excluding carboxylic acids is 1. The number of carbonyl (C=O) groups is 1. The van der Waals surface area contributed by atoms with E-state index in [1.54, 1.807) is 36.4 Å². The van der Waals surface area contributed by atoms with Gasteiger partial charge in [-0.1, -0.05) is 6.07 Å². The Bertz CT molecular complexity index is 1330. The van der Waals surface area contributed by atoms with E-state index in [-0.39, 0.29) is 16.5 Å². The smallest absolute Gasteiger partial charge is 0.264 e. The zero-order valence-electron chi connectivity index (χ0n) is 18.0. The Morgan fingerprint density at radius 2 is 1.61 bits per heavy atom. The number of anilines is 1. The largest absolute Gasteiger partial charge is 0.496 e. The van der Waals surface area contributed by atoms with Crippen molar-refractivity contribution in [3.05, 3.63) is 71.5 Å². The maximum Gasteiger partial charge on any atom is 0.264 e. The van der Waals surface area contributed by atoms with Gasteiger partial charge in [0.25, 0.3) is 5.91 Å². The van der Waals surface area contributed by atoms with Crippen molar-refractivity contribution in [2.45, 2.75) is 6.92 Å². The number of ether oxygens (including phenoxy) is 2. The van der Waals surface area contributed by atoms with Crippen molar-refractivity contribution in [1.82, 2.24) is 20.3 Å². The molecule has 0 aliphatic heterocycles. The second kappa shape index (κ2) is 9.21. The monoisotopic (exact) mass is 465 g/mol. The molecule has 10 heteroatoms. The highest BCUT2D eigenvalue weighted by atomic mass is 32.1. The lowest BCUT2D eigenvalue weighted by atomic mass is 10.1. The number of hydrogen-bond donors (Lipinski definition) is 2. The number of nitrogens with one attached hydrogen (secondary N) is 2. The second-order valence-corrected chi connectivity index (χ2v) is 7.48. The van der Waals surface area contributed by atoms with E-state index in [2.05, 4.69) is 20.8 Å². The van der Waals surface area contributed by atoms with Crippen molar-refractivity contribution < 1.29 is 18.7 Å². The van der Waals surface area contributed by atoms with Crippen LogP contribution in [-0.4, -0.2) is 40.2 Å². The number of hydrogen-bond acceptors (Lipinski definition) is 6. The van der Waals surface area contributed by atoms with Gasteiger partial charge in [-0.05, 0) is 73.2 Å². The molecule has 0 atom stereocenters. The lowest BCUT2D eigenvalue weighted by molar-refractivity contribution is 0.0971. The van der Waals surface area contributed by atoms with Crippen LogP contribution in [0.25, 0.3) is 16.7 Å². The first-order valence-corrected chi connectivity index (χ1v) is 10.3. The van der Waals surface area contributed by atoms with Crippen molar-refractivity contribution >= 4 is 40.0 Å². The van der Waals surface area contributed by atoms with Gasteiger partial charge in [-0.15, -0.1) is 10.2 Å². The predicted molar refractivity (Wildman–Crippen MR) is 127 cm³/mol. The Morgan fingerprint density at radius 3 is 2.21 bits per heavy atom. The molecule has 1 aromatic heterocycles. The Kier molecular flexibility index (Phi) is 6.18. The summed E-state index contributed by atoms with van der Waals surface area (Å²) in [5.41, 5.74) is 3.64. The molecular weight excluding hydrogens is 445 g/mol. The van der Waals surface area contributed by atoms with Gasteiger partial charge in [0.1, 0.15) is 33.9 Å². The van der Waals surface area contributed by atoms with Gasteiger partial charge in [0.2, 0.25) is 0 Å². The summed E-state index contributed by atoms with van der Waals surface area (Å²) in [4.78, 5) is 14.3. The zero-order valence-corrected chi connectivity index (χ0v) is 18.9. The Hall–Kier alpha value is -4.05. The van der Waals surface area contributed by atoms with Gasteiger partial charge in [0.15, 0.2) is 5.11 Å². The molecule has 8 nitrogen and oxygen atoms in total. The van der Waals surface area contributed by atoms with E-state index in [9.17, 15) is 9.18 Å². The number of thiocarbonyl (C=S) groups is 1. The van der Waals surface area contributed by atoms with E-state index in [0.717, 1.165) is 5.56 Å². The number of benzene rings is 3. The van der Waals surface area contributed by atoms with Crippen LogP contribution in [0.2, 0.25) is 0 Å². The van der Waals surface area contributed by atoms with Crippen LogP contribution in [-0.2, 0) is 0 Å². The van der Waals surface area contributed by atoms with Crippen molar-refractivity contribution in [1.29, 1.82) is 0 Å². The summed E-state index contributed by atoms with van der Waals surface area (Å²) in [7, 11) is 2.94. The molecule has 0 fully saturated rings. The predicted octanol–water partition coefficient (Wildman–Crippen LogP) is 4.01. The van der Waals surface area contributed by atoms with Crippen LogP contribution < -0.4 is 20.1 Å². The average molecular weight is 466 g/mol. The Balaban J connectivity index is 1.55. The quantitative estimate of drug-likeness (QED) is 0.431. The maximum atomic E-state index is 13.2. The molecule has 0 bridgehead atoms. The number of methoxy groups -OCH3 is 2. The minimum atomic E-state index is -0.470. The molecule has 0 aliphatic rings. The van der Waals surface area contributed by atoms with E-state index >= 15 is 0 Å². The topological polar surface area (TPSA) is 90.3 Å². The number of aromatic nitrogens is 3. The minimum Gasteiger partial charge on any atom is -0.496 e. The van der Waals surface area contributed by atoms with Crippen LogP contribution in [0.1, 0.15) is 15.9 Å². The summed E-state index contributed by atoms with van der Waals surface area (Å²) in [6.45, 7) is 1.88. The Morgan fingerprint density at radius 1 is 1.00 bits per heavy atom. The zero-order chi connectivity index (χ0) is 23.5. The van der Waals surface area contributed by atoms with Crippen LogP contribution in [0.4, 0.5) is 10.1 Å². The van der Waals surface area contributed by atoms with E-state index in [1.807, 2.05) is 13.0 Å². The van der Waals surface area contributed by atoms with Crippen LogP contribution >= 0.6 is 12.2 Å². The summed E-state index contributed by atoms with van der Waals surface area (Å²) in [6.07, 6.45) is 0. The molecule has 3 aromatic carbocycles.